The second-order valence-corrected chi connectivity index (χ2v) is 14.2. The van der Waals surface area contributed by atoms with Crippen molar-refractivity contribution in [2.75, 3.05) is 0 Å². The molecule has 0 N–H and O–H groups in total. The van der Waals surface area contributed by atoms with Gasteiger partial charge in [-0.25, -0.2) is 0 Å². The molecule has 1 heteroatoms. The van der Waals surface area contributed by atoms with Gasteiger partial charge in [-0.15, -0.1) is 0 Å². The van der Waals surface area contributed by atoms with Gasteiger partial charge in [0.2, 0.25) is 0 Å². The van der Waals surface area contributed by atoms with Crippen molar-refractivity contribution < 1.29 is 0 Å². The van der Waals surface area contributed by atoms with Crippen molar-refractivity contribution in [2.45, 2.75) is 110 Å². The summed E-state index contributed by atoms with van der Waals surface area (Å²) in [4.78, 5) is 0. The van der Waals surface area contributed by atoms with Gasteiger partial charge in [-0.2, -0.15) is 0 Å². The molecule has 0 saturated heterocycles. The van der Waals surface area contributed by atoms with E-state index in [1.54, 1.807) is 51.4 Å². The third-order valence-electron chi connectivity index (χ3n) is 13.1. The lowest BCUT2D eigenvalue weighted by Gasteiger charge is -2.67. The van der Waals surface area contributed by atoms with E-state index in [1.807, 2.05) is 0 Å². The van der Waals surface area contributed by atoms with Gasteiger partial charge in [0.05, 0.1) is 0 Å². The second-order valence-electron chi connectivity index (χ2n) is 14.2. The van der Waals surface area contributed by atoms with Crippen LogP contribution in [0.25, 0.3) is 0 Å². The van der Waals surface area contributed by atoms with Crippen LogP contribution in [-0.2, 0) is 0 Å². The van der Waals surface area contributed by atoms with Crippen LogP contribution in [0.15, 0.2) is 0 Å². The molecule has 28 heavy (non-hydrogen) atoms. The molecule has 0 unspecified atom stereocenters. The topological polar surface area (TPSA) is 0 Å². The molecule has 0 aliphatic heterocycles. The molecule has 0 aromatic heterocycles. The smallest absolute Gasteiger partial charge is 0.0626 e. The van der Waals surface area contributed by atoms with E-state index in [4.69, 9.17) is 0 Å². The fourth-order valence-corrected chi connectivity index (χ4v) is 11.1. The predicted molar refractivity (Wildman–Crippen MR) is 121 cm³/mol. The summed E-state index contributed by atoms with van der Waals surface area (Å²) in [5.74, 6) is 11.6. The molecule has 8 aliphatic rings. The minimum absolute atomic E-state index is 0.650. The molecule has 8 rings (SSSR count). The predicted octanol–water partition coefficient (Wildman–Crippen LogP) is 7.82. The molecule has 8 aliphatic carbocycles. The summed E-state index contributed by atoms with van der Waals surface area (Å²) >= 11 is 0. The van der Waals surface area contributed by atoms with Gasteiger partial charge < -0.3 is 0 Å². The maximum absolute atomic E-state index is 2.70. The van der Waals surface area contributed by atoms with Crippen LogP contribution in [0.2, 0.25) is 17.5 Å². The number of fused-ring (bicyclic) bond motifs is 6. The van der Waals surface area contributed by atoms with Crippen LogP contribution in [0.5, 0.6) is 0 Å². The molecule has 0 radical (unpaired) electrons. The third kappa shape index (κ3) is 2.26. The fourth-order valence-electron chi connectivity index (χ4n) is 11.1. The molecule has 0 amide bonds. The first-order valence-electron chi connectivity index (χ1n) is 13.2. The molecule has 6 bridgehead atoms. The zero-order chi connectivity index (χ0) is 19.6. The summed E-state index contributed by atoms with van der Waals surface area (Å²) in [6.07, 6.45) is 12.7. The van der Waals surface area contributed by atoms with Crippen molar-refractivity contribution in [1.29, 1.82) is 0 Å². The molecule has 0 aromatic rings. The Hall–Kier alpha value is 0.0649. The van der Waals surface area contributed by atoms with Gasteiger partial charge >= 0.3 is 0 Å². The molecule has 8 fully saturated rings. The van der Waals surface area contributed by atoms with E-state index in [9.17, 15) is 0 Å². The van der Waals surface area contributed by atoms with E-state index in [-0.39, 0.29) is 0 Å². The van der Waals surface area contributed by atoms with E-state index in [1.165, 1.54) is 0 Å². The lowest BCUT2D eigenvalue weighted by Crippen LogP contribution is -2.60. The zero-order valence-electron chi connectivity index (χ0n) is 19.6. The van der Waals surface area contributed by atoms with Crippen LogP contribution in [0.3, 0.4) is 0 Å². The van der Waals surface area contributed by atoms with Crippen molar-refractivity contribution in [3.63, 3.8) is 0 Å². The summed E-state index contributed by atoms with van der Waals surface area (Å²) in [6, 6.07) is 0. The minimum atomic E-state index is 0.650. The van der Waals surface area contributed by atoms with Crippen LogP contribution < -0.4 is 0 Å². The van der Waals surface area contributed by atoms with Crippen LogP contribution in [0, 0.1) is 58.2 Å². The fraction of sp³-hybridized carbons (Fsp3) is 1.00. The van der Waals surface area contributed by atoms with Gasteiger partial charge in [-0.3, -0.25) is 0 Å². The highest BCUT2D eigenvalue weighted by Crippen LogP contribution is 2.72. The number of hydrogen-bond donors (Lipinski definition) is 0. The Morgan fingerprint density at radius 2 is 1.14 bits per heavy atom. The molecular weight excluding hydrogens is 335 g/mol. The van der Waals surface area contributed by atoms with Crippen molar-refractivity contribution in [1.82, 2.24) is 0 Å². The normalized spacial score (nSPS) is 57.4. The summed E-state index contributed by atoms with van der Waals surface area (Å²) < 4.78 is 0. The molecule has 0 nitrogen and oxygen atoms in total. The van der Waals surface area contributed by atoms with E-state index >= 15 is 0 Å². The SMILES string of the molecule is C[C@@H]1[C@H]2C[C@@H](C[C@H]1B([C@H]1C[C@@H]3CC[C@H]1C3)[C@@H]1C[C@@H]3C[C@H]([C@H]1C)C3(C)C)C2(C)C. The standard InChI is InChI=1S/C27H45B/c1-15-21-11-19(26(21,3)4)13-23(15)28(25-10-17-7-8-18(25)9-17)24-14-20-12-22(16(24)2)27(20,5)6/h15-25H,7-14H2,1-6H3/t15-,16-,17-,18+,19+,20+,21-,22-,23-,24-,25+/m1/s1. The Kier molecular flexibility index (Phi) is 3.93. The lowest BCUT2D eigenvalue weighted by molar-refractivity contribution is -0.108. The highest BCUT2D eigenvalue weighted by Gasteiger charge is 2.64. The van der Waals surface area contributed by atoms with Gasteiger partial charge in [0, 0.05) is 0 Å². The monoisotopic (exact) mass is 380 g/mol. The summed E-state index contributed by atoms with van der Waals surface area (Å²) in [5.41, 5.74) is 1.30. The Morgan fingerprint density at radius 3 is 1.50 bits per heavy atom. The minimum Gasteiger partial charge on any atom is -0.0626 e. The summed E-state index contributed by atoms with van der Waals surface area (Å²) in [5, 5.41) is 0. The maximum Gasteiger partial charge on any atom is 0.150 e. The first-order valence-corrected chi connectivity index (χ1v) is 13.2. The number of hydrogen-bond acceptors (Lipinski definition) is 0. The van der Waals surface area contributed by atoms with E-state index in [0.717, 1.165) is 71.5 Å². The van der Waals surface area contributed by atoms with Crippen LogP contribution in [0.4, 0.5) is 0 Å². The van der Waals surface area contributed by atoms with Crippen LogP contribution in [-0.4, -0.2) is 6.71 Å². The highest BCUT2D eigenvalue weighted by atomic mass is 14.6. The van der Waals surface area contributed by atoms with Gasteiger partial charge in [-0.05, 0) is 77.4 Å². The maximum atomic E-state index is 2.70. The molecule has 0 spiro atoms. The Balaban J connectivity index is 1.32. The van der Waals surface area contributed by atoms with Gasteiger partial charge in [0.25, 0.3) is 0 Å². The van der Waals surface area contributed by atoms with E-state index < -0.39 is 0 Å². The molecule has 156 valence electrons. The highest BCUT2D eigenvalue weighted by molar-refractivity contribution is 6.64. The summed E-state index contributed by atoms with van der Waals surface area (Å²) in [7, 11) is 0. The summed E-state index contributed by atoms with van der Waals surface area (Å²) in [6.45, 7) is 16.9. The zero-order valence-corrected chi connectivity index (χ0v) is 19.6. The molecule has 0 aromatic carbocycles. The second kappa shape index (κ2) is 5.85. The Bertz CT molecular complexity index is 607. The first-order chi connectivity index (χ1) is 13.2. The lowest BCUT2D eigenvalue weighted by atomic mass is 9.17. The first kappa shape index (κ1) is 18.8. The molecule has 8 saturated carbocycles. The van der Waals surface area contributed by atoms with E-state index in [2.05, 4.69) is 41.5 Å². The van der Waals surface area contributed by atoms with Gasteiger partial charge in [-0.1, -0.05) is 91.1 Å². The Morgan fingerprint density at radius 1 is 0.607 bits per heavy atom. The molecule has 11 atom stereocenters. The molecular formula is C27H45B. The Labute approximate surface area is 175 Å². The van der Waals surface area contributed by atoms with Crippen molar-refractivity contribution in [3.05, 3.63) is 0 Å². The van der Waals surface area contributed by atoms with Crippen LogP contribution >= 0.6 is 0 Å². The third-order valence-corrected chi connectivity index (χ3v) is 13.1. The van der Waals surface area contributed by atoms with Gasteiger partial charge in [0.15, 0.2) is 0 Å². The van der Waals surface area contributed by atoms with Gasteiger partial charge in [0.1, 0.15) is 6.71 Å². The quantitative estimate of drug-likeness (QED) is 0.438. The van der Waals surface area contributed by atoms with Crippen molar-refractivity contribution in [3.8, 4) is 0 Å². The average Bonchev–Trinajstić information content (AvgIpc) is 3.26. The van der Waals surface area contributed by atoms with Crippen LogP contribution in [0.1, 0.15) is 92.9 Å². The molecule has 0 heterocycles. The largest absolute Gasteiger partial charge is 0.150 e. The number of rotatable bonds is 3. The average molecular weight is 380 g/mol. The van der Waals surface area contributed by atoms with Crippen molar-refractivity contribution in [2.24, 2.45) is 58.2 Å². The van der Waals surface area contributed by atoms with E-state index in [0.29, 0.717) is 10.8 Å². The van der Waals surface area contributed by atoms with Crippen molar-refractivity contribution >= 4 is 6.71 Å².